The summed E-state index contributed by atoms with van der Waals surface area (Å²) in [5.41, 5.74) is 6.01. The first-order valence-corrected chi connectivity index (χ1v) is 6.80. The molecule has 0 saturated heterocycles. The predicted molar refractivity (Wildman–Crippen MR) is 83.6 cm³/mol. The van der Waals surface area contributed by atoms with Crippen molar-refractivity contribution in [3.05, 3.63) is 51.8 Å². The maximum Gasteiger partial charge on any atom is 0.259 e. The summed E-state index contributed by atoms with van der Waals surface area (Å²) < 4.78 is 0.909. The minimum Gasteiger partial charge on any atom is -0.323 e. The van der Waals surface area contributed by atoms with Gasteiger partial charge in [0, 0.05) is 22.1 Å². The summed E-state index contributed by atoms with van der Waals surface area (Å²) in [5.74, 6) is 5.17. The predicted octanol–water partition coefficient (Wildman–Crippen LogP) is 3.00. The lowest BCUT2D eigenvalue weighted by atomic mass is 10.2. The summed E-state index contributed by atoms with van der Waals surface area (Å²) in [4.78, 5) is 16.4. The van der Waals surface area contributed by atoms with Crippen LogP contribution in [0.3, 0.4) is 0 Å². The lowest BCUT2D eigenvalue weighted by molar-refractivity contribution is 0.102. The number of hydrogen-bond donors (Lipinski definition) is 3. The van der Waals surface area contributed by atoms with Crippen molar-refractivity contribution in [2.75, 3.05) is 10.7 Å². The van der Waals surface area contributed by atoms with Crippen LogP contribution in [0.25, 0.3) is 0 Å². The maximum atomic E-state index is 12.3. The number of hydrazine groups is 1. The molecule has 1 aromatic carbocycles. The monoisotopic (exact) mass is 334 g/mol. The molecule has 1 aromatic heterocycles. The van der Waals surface area contributed by atoms with Gasteiger partial charge in [-0.25, -0.2) is 0 Å². The normalized spacial score (nSPS) is 10.2. The Morgan fingerprint density at radius 3 is 2.65 bits per heavy atom. The van der Waals surface area contributed by atoms with Crippen LogP contribution in [0.4, 0.5) is 11.4 Å². The van der Waals surface area contributed by atoms with Gasteiger partial charge in [-0.1, -0.05) is 15.9 Å². The molecule has 0 atom stereocenters. The van der Waals surface area contributed by atoms with Crippen LogP contribution >= 0.6 is 15.9 Å². The van der Waals surface area contributed by atoms with Crippen LogP contribution in [-0.4, -0.2) is 10.9 Å². The van der Waals surface area contributed by atoms with Crippen molar-refractivity contribution < 1.29 is 4.79 Å². The number of halogens is 1. The molecule has 0 aliphatic carbocycles. The molecule has 2 rings (SSSR count). The number of pyridine rings is 1. The standard InChI is InChI=1S/C14H15BrN4O/c1-8-3-10(15)6-11(4-8)18-14(20)12-7-17-9(2)5-13(12)19-16/h3-7H,16H2,1-2H3,(H,17,19)(H,18,20). The number of nitrogen functional groups attached to an aromatic ring is 1. The van der Waals surface area contributed by atoms with Gasteiger partial charge in [0.25, 0.3) is 5.91 Å². The van der Waals surface area contributed by atoms with E-state index in [-0.39, 0.29) is 5.91 Å². The number of nitrogens with one attached hydrogen (secondary N) is 2. The Morgan fingerprint density at radius 2 is 2.00 bits per heavy atom. The molecule has 104 valence electrons. The average molecular weight is 335 g/mol. The van der Waals surface area contributed by atoms with Crippen molar-refractivity contribution in [1.82, 2.24) is 4.98 Å². The van der Waals surface area contributed by atoms with Gasteiger partial charge in [0.2, 0.25) is 0 Å². The molecule has 0 bridgehead atoms. The second-order valence-corrected chi connectivity index (χ2v) is 5.40. The Bertz CT molecular complexity index is 637. The van der Waals surface area contributed by atoms with Crippen LogP contribution in [0.15, 0.2) is 34.9 Å². The van der Waals surface area contributed by atoms with Gasteiger partial charge in [-0.2, -0.15) is 0 Å². The number of anilines is 2. The summed E-state index contributed by atoms with van der Waals surface area (Å²) in [7, 11) is 0. The summed E-state index contributed by atoms with van der Waals surface area (Å²) in [5, 5.41) is 2.83. The fraction of sp³-hybridized carbons (Fsp3) is 0.143. The number of aromatic nitrogens is 1. The number of carbonyl (C=O) groups excluding carboxylic acids is 1. The Hall–Kier alpha value is -1.92. The summed E-state index contributed by atoms with van der Waals surface area (Å²) >= 11 is 3.40. The lowest BCUT2D eigenvalue weighted by Gasteiger charge is -2.11. The van der Waals surface area contributed by atoms with E-state index < -0.39 is 0 Å². The molecule has 0 unspecified atom stereocenters. The first kappa shape index (κ1) is 14.5. The van der Waals surface area contributed by atoms with Crippen LogP contribution in [0, 0.1) is 13.8 Å². The SMILES string of the molecule is Cc1cc(Br)cc(NC(=O)c2cnc(C)cc2NN)c1. The van der Waals surface area contributed by atoms with Gasteiger partial charge in [-0.15, -0.1) is 0 Å². The number of nitrogens with two attached hydrogens (primary N) is 1. The topological polar surface area (TPSA) is 80.0 Å². The van der Waals surface area contributed by atoms with Crippen LogP contribution in [0.5, 0.6) is 0 Å². The highest BCUT2D eigenvalue weighted by atomic mass is 79.9. The van der Waals surface area contributed by atoms with Crippen LogP contribution in [0.2, 0.25) is 0 Å². The quantitative estimate of drug-likeness (QED) is 0.595. The fourth-order valence-corrected chi connectivity index (χ4v) is 2.47. The number of rotatable bonds is 3. The van der Waals surface area contributed by atoms with E-state index in [0.717, 1.165) is 15.7 Å². The van der Waals surface area contributed by atoms with Gasteiger partial charge >= 0.3 is 0 Å². The first-order valence-electron chi connectivity index (χ1n) is 6.01. The third-order valence-electron chi connectivity index (χ3n) is 2.74. The minimum atomic E-state index is -0.261. The molecule has 0 fully saturated rings. The molecule has 5 nitrogen and oxygen atoms in total. The number of nitrogens with zero attached hydrogens (tertiary/aromatic N) is 1. The molecular formula is C14H15BrN4O. The molecule has 0 spiro atoms. The van der Waals surface area contributed by atoms with E-state index >= 15 is 0 Å². The van der Waals surface area contributed by atoms with E-state index in [2.05, 4.69) is 31.7 Å². The van der Waals surface area contributed by atoms with Crippen LogP contribution in [0.1, 0.15) is 21.6 Å². The number of carbonyl (C=O) groups is 1. The van der Waals surface area contributed by atoms with Gasteiger partial charge in [-0.05, 0) is 43.7 Å². The van der Waals surface area contributed by atoms with Gasteiger partial charge in [0.1, 0.15) is 0 Å². The van der Waals surface area contributed by atoms with Crippen molar-refractivity contribution in [2.24, 2.45) is 5.84 Å². The highest BCUT2D eigenvalue weighted by molar-refractivity contribution is 9.10. The fourth-order valence-electron chi connectivity index (χ4n) is 1.87. The van der Waals surface area contributed by atoms with Gasteiger partial charge < -0.3 is 10.7 Å². The molecule has 4 N–H and O–H groups in total. The van der Waals surface area contributed by atoms with Gasteiger partial charge in [0.05, 0.1) is 11.3 Å². The molecule has 20 heavy (non-hydrogen) atoms. The van der Waals surface area contributed by atoms with E-state index in [0.29, 0.717) is 16.9 Å². The van der Waals surface area contributed by atoms with Crippen molar-refractivity contribution >= 4 is 33.2 Å². The third kappa shape index (κ3) is 3.34. The lowest BCUT2D eigenvalue weighted by Crippen LogP contribution is -2.18. The summed E-state index contributed by atoms with van der Waals surface area (Å²) in [6, 6.07) is 7.42. The smallest absolute Gasteiger partial charge is 0.259 e. The molecule has 1 heterocycles. The highest BCUT2D eigenvalue weighted by Gasteiger charge is 2.12. The average Bonchev–Trinajstić information content (AvgIpc) is 2.37. The Labute approximate surface area is 125 Å². The number of benzene rings is 1. The van der Waals surface area contributed by atoms with E-state index in [1.807, 2.05) is 32.0 Å². The molecule has 2 aromatic rings. The van der Waals surface area contributed by atoms with E-state index in [1.165, 1.54) is 6.20 Å². The van der Waals surface area contributed by atoms with E-state index in [9.17, 15) is 4.79 Å². The molecule has 1 amide bonds. The largest absolute Gasteiger partial charge is 0.323 e. The Morgan fingerprint density at radius 1 is 1.25 bits per heavy atom. The van der Waals surface area contributed by atoms with Crippen LogP contribution in [-0.2, 0) is 0 Å². The maximum absolute atomic E-state index is 12.3. The van der Waals surface area contributed by atoms with Crippen molar-refractivity contribution in [3.8, 4) is 0 Å². The van der Waals surface area contributed by atoms with Crippen molar-refractivity contribution in [1.29, 1.82) is 0 Å². The number of aryl methyl sites for hydroxylation is 2. The van der Waals surface area contributed by atoms with E-state index in [1.54, 1.807) is 6.07 Å². The Balaban J connectivity index is 2.28. The third-order valence-corrected chi connectivity index (χ3v) is 3.20. The first-order chi connectivity index (χ1) is 9.49. The molecule has 6 heteroatoms. The second-order valence-electron chi connectivity index (χ2n) is 4.49. The van der Waals surface area contributed by atoms with Crippen LogP contribution < -0.4 is 16.6 Å². The zero-order chi connectivity index (χ0) is 14.7. The van der Waals surface area contributed by atoms with Gasteiger partial charge in [0.15, 0.2) is 0 Å². The molecule has 0 saturated carbocycles. The van der Waals surface area contributed by atoms with Gasteiger partial charge in [-0.3, -0.25) is 15.6 Å². The minimum absolute atomic E-state index is 0.261. The number of hydrogen-bond acceptors (Lipinski definition) is 4. The molecule has 0 aliphatic heterocycles. The number of amides is 1. The van der Waals surface area contributed by atoms with E-state index in [4.69, 9.17) is 5.84 Å². The summed E-state index contributed by atoms with van der Waals surface area (Å²) in [6.07, 6.45) is 1.50. The second kappa shape index (κ2) is 6.02. The molecule has 0 radical (unpaired) electrons. The summed E-state index contributed by atoms with van der Waals surface area (Å²) in [6.45, 7) is 3.79. The molecular weight excluding hydrogens is 320 g/mol. The zero-order valence-corrected chi connectivity index (χ0v) is 12.8. The van der Waals surface area contributed by atoms with Crippen molar-refractivity contribution in [3.63, 3.8) is 0 Å². The molecule has 0 aliphatic rings. The Kier molecular flexibility index (Phi) is 4.36. The van der Waals surface area contributed by atoms with Crippen molar-refractivity contribution in [2.45, 2.75) is 13.8 Å². The highest BCUT2D eigenvalue weighted by Crippen LogP contribution is 2.21. The zero-order valence-electron chi connectivity index (χ0n) is 11.2.